The number of amides is 1. The second-order valence-electron chi connectivity index (χ2n) is 8.85. The van der Waals surface area contributed by atoms with Crippen LogP contribution >= 0.6 is 11.3 Å². The zero-order valence-electron chi connectivity index (χ0n) is 18.9. The standard InChI is InChI=1S/C24H28N4O4S/c1-15(2)12-20(29)25-18-10-8-17(9-11-18)23(31)32-14-19-13-21(30)28-24(26-19)33-22(27-28)16-6-4-3-5-7-16/h8-11,13,15-16H,3-7,12,14H2,1-2H3,(H,25,29). The molecule has 0 radical (unpaired) electrons. The molecule has 9 heteroatoms. The van der Waals surface area contributed by atoms with Crippen molar-refractivity contribution in [2.24, 2.45) is 5.92 Å². The molecule has 0 aliphatic heterocycles. The van der Waals surface area contributed by atoms with E-state index in [1.165, 1.54) is 41.2 Å². The van der Waals surface area contributed by atoms with Gasteiger partial charge in [-0.15, -0.1) is 0 Å². The van der Waals surface area contributed by atoms with Crippen LogP contribution in [0.25, 0.3) is 4.96 Å². The van der Waals surface area contributed by atoms with E-state index in [0.29, 0.717) is 34.2 Å². The Morgan fingerprint density at radius 2 is 1.91 bits per heavy atom. The first kappa shape index (κ1) is 23.1. The third-order valence-electron chi connectivity index (χ3n) is 5.62. The van der Waals surface area contributed by atoms with Gasteiger partial charge in [-0.3, -0.25) is 9.59 Å². The van der Waals surface area contributed by atoms with Gasteiger partial charge in [0.1, 0.15) is 11.6 Å². The average Bonchev–Trinajstić information content (AvgIpc) is 3.23. The van der Waals surface area contributed by atoms with Crippen LogP contribution in [0.4, 0.5) is 5.69 Å². The lowest BCUT2D eigenvalue weighted by Gasteiger charge is -2.18. The fraction of sp³-hybridized carbons (Fsp3) is 0.458. The summed E-state index contributed by atoms with van der Waals surface area (Å²) in [5.41, 5.74) is 1.10. The predicted octanol–water partition coefficient (Wildman–Crippen LogP) is 4.54. The largest absolute Gasteiger partial charge is 0.456 e. The molecular formula is C24H28N4O4S. The fourth-order valence-corrected chi connectivity index (χ4v) is 5.05. The molecule has 2 heterocycles. The molecule has 33 heavy (non-hydrogen) atoms. The molecule has 1 aliphatic rings. The summed E-state index contributed by atoms with van der Waals surface area (Å²) in [6, 6.07) is 7.88. The van der Waals surface area contributed by atoms with Crippen LogP contribution in [0, 0.1) is 5.92 Å². The summed E-state index contributed by atoms with van der Waals surface area (Å²) < 4.78 is 6.70. The number of anilines is 1. The van der Waals surface area contributed by atoms with Crippen LogP contribution in [0.3, 0.4) is 0 Å². The molecule has 1 amide bonds. The van der Waals surface area contributed by atoms with Crippen LogP contribution in [-0.4, -0.2) is 26.5 Å². The summed E-state index contributed by atoms with van der Waals surface area (Å²) >= 11 is 1.44. The van der Waals surface area contributed by atoms with Gasteiger partial charge in [0.05, 0.1) is 11.3 Å². The first-order chi connectivity index (χ1) is 15.9. The van der Waals surface area contributed by atoms with Gasteiger partial charge in [-0.2, -0.15) is 9.61 Å². The fourth-order valence-electron chi connectivity index (χ4n) is 3.95. The van der Waals surface area contributed by atoms with E-state index in [-0.39, 0.29) is 24.0 Å². The van der Waals surface area contributed by atoms with E-state index in [9.17, 15) is 14.4 Å². The highest BCUT2D eigenvalue weighted by atomic mass is 32.1. The maximum absolute atomic E-state index is 12.5. The van der Waals surface area contributed by atoms with Gasteiger partial charge in [0.2, 0.25) is 10.9 Å². The minimum atomic E-state index is -0.524. The van der Waals surface area contributed by atoms with Crippen LogP contribution in [0.5, 0.6) is 0 Å². The second-order valence-corrected chi connectivity index (χ2v) is 9.84. The molecule has 1 fully saturated rings. The van der Waals surface area contributed by atoms with Crippen molar-refractivity contribution >= 4 is 33.9 Å². The Hall–Kier alpha value is -3.07. The summed E-state index contributed by atoms with van der Waals surface area (Å²) in [5, 5.41) is 8.24. The highest BCUT2D eigenvalue weighted by Crippen LogP contribution is 2.34. The number of fused-ring (bicyclic) bond motifs is 1. The Morgan fingerprint density at radius 3 is 2.61 bits per heavy atom. The zero-order valence-corrected chi connectivity index (χ0v) is 19.7. The summed E-state index contributed by atoms with van der Waals surface area (Å²) in [4.78, 5) is 41.8. The number of hydrogen-bond donors (Lipinski definition) is 1. The highest BCUT2D eigenvalue weighted by Gasteiger charge is 2.21. The van der Waals surface area contributed by atoms with Crippen molar-refractivity contribution in [3.63, 3.8) is 0 Å². The molecule has 0 unspecified atom stereocenters. The molecule has 0 spiro atoms. The average molecular weight is 469 g/mol. The molecule has 1 aliphatic carbocycles. The summed E-state index contributed by atoms with van der Waals surface area (Å²) in [7, 11) is 0. The minimum Gasteiger partial charge on any atom is -0.456 e. The van der Waals surface area contributed by atoms with Gasteiger partial charge in [0, 0.05) is 24.1 Å². The molecule has 3 aromatic rings. The van der Waals surface area contributed by atoms with Crippen LogP contribution in [-0.2, 0) is 16.1 Å². The maximum Gasteiger partial charge on any atom is 0.338 e. The molecule has 0 saturated heterocycles. The van der Waals surface area contributed by atoms with Crippen molar-refractivity contribution < 1.29 is 14.3 Å². The zero-order chi connectivity index (χ0) is 23.4. The van der Waals surface area contributed by atoms with E-state index in [2.05, 4.69) is 15.4 Å². The van der Waals surface area contributed by atoms with E-state index >= 15 is 0 Å². The number of rotatable bonds is 7. The Kier molecular flexibility index (Phi) is 7.17. The highest BCUT2D eigenvalue weighted by molar-refractivity contribution is 7.16. The molecule has 1 saturated carbocycles. The van der Waals surface area contributed by atoms with Crippen molar-refractivity contribution in [3.8, 4) is 0 Å². The van der Waals surface area contributed by atoms with Gasteiger partial charge in [-0.1, -0.05) is 44.4 Å². The summed E-state index contributed by atoms with van der Waals surface area (Å²) in [6.07, 6.45) is 6.26. The number of benzene rings is 1. The van der Waals surface area contributed by atoms with Crippen LogP contribution in [0.15, 0.2) is 35.1 Å². The van der Waals surface area contributed by atoms with Crippen LogP contribution in [0.2, 0.25) is 0 Å². The number of esters is 1. The predicted molar refractivity (Wildman–Crippen MR) is 127 cm³/mol. The third kappa shape index (κ3) is 5.84. The molecule has 1 N–H and O–H groups in total. The Bertz CT molecular complexity index is 1190. The van der Waals surface area contributed by atoms with Crippen molar-refractivity contribution in [2.45, 2.75) is 64.9 Å². The van der Waals surface area contributed by atoms with Gasteiger partial charge in [0.25, 0.3) is 5.56 Å². The third-order valence-corrected chi connectivity index (χ3v) is 6.69. The lowest BCUT2D eigenvalue weighted by molar-refractivity contribution is -0.116. The topological polar surface area (TPSA) is 103 Å². The van der Waals surface area contributed by atoms with Gasteiger partial charge >= 0.3 is 5.97 Å². The summed E-state index contributed by atoms with van der Waals surface area (Å²) in [5.74, 6) is 0.0697. The second kappa shape index (κ2) is 10.2. The molecule has 8 nitrogen and oxygen atoms in total. The number of ether oxygens (including phenoxy) is 1. The Balaban J connectivity index is 1.39. The monoisotopic (exact) mass is 468 g/mol. The molecule has 4 rings (SSSR count). The van der Waals surface area contributed by atoms with Crippen molar-refractivity contribution in [1.82, 2.24) is 14.6 Å². The number of nitrogens with zero attached hydrogens (tertiary/aromatic N) is 3. The molecule has 1 aromatic carbocycles. The number of carbonyl (C=O) groups is 2. The first-order valence-corrected chi connectivity index (χ1v) is 12.2. The van der Waals surface area contributed by atoms with Crippen molar-refractivity contribution in [1.29, 1.82) is 0 Å². The smallest absolute Gasteiger partial charge is 0.338 e. The quantitative estimate of drug-likeness (QED) is 0.511. The number of nitrogens with one attached hydrogen (secondary N) is 1. The van der Waals surface area contributed by atoms with E-state index in [1.807, 2.05) is 13.8 Å². The lowest BCUT2D eigenvalue weighted by Crippen LogP contribution is -2.17. The summed E-state index contributed by atoms with van der Waals surface area (Å²) in [6.45, 7) is 3.85. The van der Waals surface area contributed by atoms with E-state index in [4.69, 9.17) is 4.74 Å². The minimum absolute atomic E-state index is 0.0669. The van der Waals surface area contributed by atoms with Crippen LogP contribution < -0.4 is 10.9 Å². The van der Waals surface area contributed by atoms with E-state index in [0.717, 1.165) is 17.8 Å². The van der Waals surface area contributed by atoms with Gasteiger partial charge in [-0.05, 0) is 43.0 Å². The maximum atomic E-state index is 12.5. The first-order valence-electron chi connectivity index (χ1n) is 11.4. The van der Waals surface area contributed by atoms with E-state index < -0.39 is 5.97 Å². The Labute approximate surface area is 196 Å². The Morgan fingerprint density at radius 1 is 1.18 bits per heavy atom. The molecule has 0 bridgehead atoms. The number of aromatic nitrogens is 3. The molecule has 174 valence electrons. The van der Waals surface area contributed by atoms with Gasteiger partial charge < -0.3 is 10.1 Å². The van der Waals surface area contributed by atoms with Gasteiger partial charge in [-0.25, -0.2) is 9.78 Å². The van der Waals surface area contributed by atoms with Gasteiger partial charge in [0.15, 0.2) is 0 Å². The number of hydrogen-bond acceptors (Lipinski definition) is 7. The molecule has 2 aromatic heterocycles. The van der Waals surface area contributed by atoms with E-state index in [1.54, 1.807) is 24.3 Å². The molecular weight excluding hydrogens is 440 g/mol. The van der Waals surface area contributed by atoms with Crippen molar-refractivity contribution in [3.05, 3.63) is 57.0 Å². The van der Waals surface area contributed by atoms with Crippen LogP contribution in [0.1, 0.15) is 79.3 Å². The number of carbonyl (C=O) groups excluding carboxylic acids is 2. The SMILES string of the molecule is CC(C)CC(=O)Nc1ccc(C(=O)OCc2cc(=O)n3nc(C4CCCCC4)sc3n2)cc1. The van der Waals surface area contributed by atoms with Crippen molar-refractivity contribution in [2.75, 3.05) is 5.32 Å². The lowest BCUT2D eigenvalue weighted by atomic mass is 9.90. The normalized spacial score (nSPS) is 14.5. The molecule has 0 atom stereocenters.